The van der Waals surface area contributed by atoms with Crippen molar-refractivity contribution < 1.29 is 4.74 Å². The van der Waals surface area contributed by atoms with Crippen molar-refractivity contribution >= 4 is 23.4 Å². The molecular weight excluding hydrogens is 266 g/mol. The molecule has 100 valence electrons. The van der Waals surface area contributed by atoms with Crippen LogP contribution in [0.3, 0.4) is 0 Å². The Labute approximate surface area is 118 Å². The molecule has 4 heteroatoms. The first-order valence-corrected chi connectivity index (χ1v) is 7.86. The fourth-order valence-electron chi connectivity index (χ4n) is 2.14. The minimum atomic E-state index is 0.398. The summed E-state index contributed by atoms with van der Waals surface area (Å²) in [5.74, 6) is 1.03. The molecule has 0 aromatic heterocycles. The van der Waals surface area contributed by atoms with Crippen molar-refractivity contribution in [2.24, 2.45) is 0 Å². The molecule has 1 aliphatic heterocycles. The number of rotatable bonds is 6. The summed E-state index contributed by atoms with van der Waals surface area (Å²) in [6, 6.07) is 8.43. The Balaban J connectivity index is 1.65. The molecule has 1 heterocycles. The fraction of sp³-hybridized carbons (Fsp3) is 0.571. The third-order valence-corrected chi connectivity index (χ3v) is 4.70. The van der Waals surface area contributed by atoms with Crippen LogP contribution in [0.2, 0.25) is 5.02 Å². The maximum atomic E-state index is 6.11. The fourth-order valence-corrected chi connectivity index (χ4v) is 3.26. The van der Waals surface area contributed by atoms with Gasteiger partial charge in [-0.2, -0.15) is 0 Å². The Morgan fingerprint density at radius 1 is 1.50 bits per heavy atom. The SMILES string of the molecule is CC(NCCSc1ccccc1Cl)C1CCCO1. The number of thioether (sulfide) groups is 1. The van der Waals surface area contributed by atoms with Crippen LogP contribution in [-0.2, 0) is 4.74 Å². The molecule has 0 aliphatic carbocycles. The van der Waals surface area contributed by atoms with E-state index < -0.39 is 0 Å². The molecule has 2 atom stereocenters. The molecule has 1 saturated heterocycles. The van der Waals surface area contributed by atoms with E-state index in [2.05, 4.69) is 18.3 Å². The standard InChI is InChI=1S/C14H20ClNOS/c1-11(13-6-4-9-17-13)16-8-10-18-14-7-3-2-5-12(14)15/h2-3,5,7,11,13,16H,4,6,8-10H2,1H3. The van der Waals surface area contributed by atoms with Gasteiger partial charge in [0.1, 0.15) is 0 Å². The van der Waals surface area contributed by atoms with Gasteiger partial charge in [-0.15, -0.1) is 11.8 Å². The van der Waals surface area contributed by atoms with Crippen molar-refractivity contribution in [1.82, 2.24) is 5.32 Å². The van der Waals surface area contributed by atoms with Crippen LogP contribution in [0.5, 0.6) is 0 Å². The van der Waals surface area contributed by atoms with Crippen LogP contribution >= 0.6 is 23.4 Å². The lowest BCUT2D eigenvalue weighted by Crippen LogP contribution is -2.38. The molecular formula is C14H20ClNOS. The number of hydrogen-bond donors (Lipinski definition) is 1. The molecule has 0 saturated carbocycles. The van der Waals surface area contributed by atoms with Gasteiger partial charge in [0.2, 0.25) is 0 Å². The lowest BCUT2D eigenvalue weighted by molar-refractivity contribution is 0.0844. The lowest BCUT2D eigenvalue weighted by Gasteiger charge is -2.19. The van der Waals surface area contributed by atoms with Gasteiger partial charge in [-0.3, -0.25) is 0 Å². The molecule has 1 aromatic carbocycles. The van der Waals surface area contributed by atoms with Gasteiger partial charge in [0.25, 0.3) is 0 Å². The van der Waals surface area contributed by atoms with Crippen molar-refractivity contribution in [2.75, 3.05) is 18.9 Å². The largest absolute Gasteiger partial charge is 0.377 e. The molecule has 1 aliphatic rings. The number of nitrogens with one attached hydrogen (secondary N) is 1. The number of hydrogen-bond acceptors (Lipinski definition) is 3. The molecule has 2 rings (SSSR count). The van der Waals surface area contributed by atoms with Crippen molar-refractivity contribution in [1.29, 1.82) is 0 Å². The number of ether oxygens (including phenoxy) is 1. The van der Waals surface area contributed by atoms with Crippen molar-refractivity contribution in [3.8, 4) is 0 Å². The van der Waals surface area contributed by atoms with E-state index in [9.17, 15) is 0 Å². The minimum absolute atomic E-state index is 0.398. The predicted molar refractivity (Wildman–Crippen MR) is 78.6 cm³/mol. The molecule has 0 spiro atoms. The van der Waals surface area contributed by atoms with E-state index in [1.165, 1.54) is 12.8 Å². The molecule has 2 unspecified atom stereocenters. The van der Waals surface area contributed by atoms with E-state index in [0.29, 0.717) is 12.1 Å². The van der Waals surface area contributed by atoms with Crippen molar-refractivity contribution in [3.63, 3.8) is 0 Å². The zero-order valence-corrected chi connectivity index (χ0v) is 12.3. The summed E-state index contributed by atoms with van der Waals surface area (Å²) in [5, 5.41) is 4.37. The zero-order valence-electron chi connectivity index (χ0n) is 10.7. The van der Waals surface area contributed by atoms with Gasteiger partial charge in [0.15, 0.2) is 0 Å². The highest BCUT2D eigenvalue weighted by molar-refractivity contribution is 7.99. The first-order chi connectivity index (χ1) is 8.77. The molecule has 1 N–H and O–H groups in total. The summed E-state index contributed by atoms with van der Waals surface area (Å²) < 4.78 is 5.66. The number of benzene rings is 1. The van der Waals surface area contributed by atoms with Crippen LogP contribution in [0.15, 0.2) is 29.2 Å². The molecule has 2 nitrogen and oxygen atoms in total. The van der Waals surface area contributed by atoms with E-state index in [1.807, 2.05) is 18.2 Å². The van der Waals surface area contributed by atoms with Gasteiger partial charge in [-0.25, -0.2) is 0 Å². The second-order valence-electron chi connectivity index (χ2n) is 4.57. The molecule has 0 bridgehead atoms. The Morgan fingerprint density at radius 2 is 2.33 bits per heavy atom. The van der Waals surface area contributed by atoms with Crippen LogP contribution in [0, 0.1) is 0 Å². The third kappa shape index (κ3) is 4.16. The average Bonchev–Trinajstić information content (AvgIpc) is 2.90. The molecule has 18 heavy (non-hydrogen) atoms. The topological polar surface area (TPSA) is 21.3 Å². The van der Waals surface area contributed by atoms with Gasteiger partial charge in [0, 0.05) is 29.8 Å². The smallest absolute Gasteiger partial charge is 0.0726 e. The third-order valence-electron chi connectivity index (χ3n) is 3.19. The summed E-state index contributed by atoms with van der Waals surface area (Å²) in [4.78, 5) is 1.16. The average molecular weight is 286 g/mol. The summed E-state index contributed by atoms with van der Waals surface area (Å²) >= 11 is 7.90. The minimum Gasteiger partial charge on any atom is -0.377 e. The highest BCUT2D eigenvalue weighted by Gasteiger charge is 2.21. The maximum Gasteiger partial charge on any atom is 0.0726 e. The predicted octanol–water partition coefficient (Wildman–Crippen LogP) is 3.59. The first kappa shape index (κ1) is 14.2. The maximum absolute atomic E-state index is 6.11. The molecule has 0 radical (unpaired) electrons. The number of halogens is 1. The lowest BCUT2D eigenvalue weighted by atomic mass is 10.1. The van der Waals surface area contributed by atoms with Crippen LogP contribution in [0.4, 0.5) is 0 Å². The first-order valence-electron chi connectivity index (χ1n) is 6.49. The van der Waals surface area contributed by atoms with E-state index >= 15 is 0 Å². The molecule has 0 amide bonds. The van der Waals surface area contributed by atoms with Gasteiger partial charge in [-0.1, -0.05) is 23.7 Å². The molecule has 1 aromatic rings. The van der Waals surface area contributed by atoms with E-state index in [0.717, 1.165) is 28.8 Å². The van der Waals surface area contributed by atoms with Crippen LogP contribution in [0.1, 0.15) is 19.8 Å². The summed E-state index contributed by atoms with van der Waals surface area (Å²) in [7, 11) is 0. The van der Waals surface area contributed by atoms with Crippen LogP contribution in [-0.4, -0.2) is 31.1 Å². The highest BCUT2D eigenvalue weighted by atomic mass is 35.5. The van der Waals surface area contributed by atoms with Crippen molar-refractivity contribution in [2.45, 2.75) is 36.8 Å². The van der Waals surface area contributed by atoms with Crippen LogP contribution < -0.4 is 5.32 Å². The van der Waals surface area contributed by atoms with Crippen molar-refractivity contribution in [3.05, 3.63) is 29.3 Å². The summed E-state index contributed by atoms with van der Waals surface area (Å²) in [6.07, 6.45) is 2.78. The van der Waals surface area contributed by atoms with Crippen LogP contribution in [0.25, 0.3) is 0 Å². The Hall–Kier alpha value is -0.220. The highest BCUT2D eigenvalue weighted by Crippen LogP contribution is 2.26. The van der Waals surface area contributed by atoms with E-state index in [1.54, 1.807) is 11.8 Å². The second kappa shape index (κ2) is 7.39. The second-order valence-corrected chi connectivity index (χ2v) is 6.12. The van der Waals surface area contributed by atoms with Gasteiger partial charge < -0.3 is 10.1 Å². The Morgan fingerprint density at radius 3 is 3.06 bits per heavy atom. The zero-order chi connectivity index (χ0) is 12.8. The van der Waals surface area contributed by atoms with Gasteiger partial charge in [0.05, 0.1) is 11.1 Å². The Kier molecular flexibility index (Phi) is 5.83. The summed E-state index contributed by atoms with van der Waals surface area (Å²) in [5.41, 5.74) is 0. The summed E-state index contributed by atoms with van der Waals surface area (Å²) in [6.45, 7) is 4.11. The van der Waals surface area contributed by atoms with Gasteiger partial charge >= 0.3 is 0 Å². The molecule has 1 fully saturated rings. The van der Waals surface area contributed by atoms with E-state index in [4.69, 9.17) is 16.3 Å². The Bertz CT molecular complexity index is 369. The quantitative estimate of drug-likeness (QED) is 0.637. The van der Waals surface area contributed by atoms with Gasteiger partial charge in [-0.05, 0) is 31.9 Å². The monoisotopic (exact) mass is 285 g/mol. The van der Waals surface area contributed by atoms with E-state index in [-0.39, 0.29) is 0 Å². The normalized spacial score (nSPS) is 21.1.